The molecular weight excluding hydrogens is 373 g/mol. The number of ether oxygens (including phenoxy) is 1. The number of benzene rings is 2. The van der Waals surface area contributed by atoms with Crippen LogP contribution < -0.4 is 15.0 Å². The normalized spacial score (nSPS) is 15.0. The molecule has 0 spiro atoms. The van der Waals surface area contributed by atoms with Crippen molar-refractivity contribution < 1.29 is 9.53 Å². The van der Waals surface area contributed by atoms with E-state index in [1.807, 2.05) is 24.3 Å². The van der Waals surface area contributed by atoms with Crippen molar-refractivity contribution in [2.45, 2.75) is 0 Å². The minimum atomic E-state index is -0.321. The summed E-state index contributed by atoms with van der Waals surface area (Å²) >= 11 is 12.1. The monoisotopic (exact) mass is 393 g/mol. The van der Waals surface area contributed by atoms with Gasteiger partial charge in [-0.15, -0.1) is 0 Å². The zero-order chi connectivity index (χ0) is 18.7. The highest BCUT2D eigenvalue weighted by Crippen LogP contribution is 2.32. The number of nitrogens with one attached hydrogen (secondary N) is 1. The van der Waals surface area contributed by atoms with Crippen molar-refractivity contribution in [2.24, 2.45) is 0 Å². The van der Waals surface area contributed by atoms with Crippen LogP contribution in [0.5, 0.6) is 5.75 Å². The van der Waals surface area contributed by atoms with Crippen molar-refractivity contribution in [2.75, 3.05) is 50.6 Å². The molecule has 1 saturated heterocycles. The van der Waals surface area contributed by atoms with E-state index in [0.29, 0.717) is 27.0 Å². The molecular formula is C19H21Cl2N3O2. The Hall–Kier alpha value is -1.95. The second-order valence-corrected chi connectivity index (χ2v) is 7.10. The predicted molar refractivity (Wildman–Crippen MR) is 107 cm³/mol. The van der Waals surface area contributed by atoms with E-state index in [2.05, 4.69) is 22.2 Å². The van der Waals surface area contributed by atoms with E-state index in [1.165, 1.54) is 7.11 Å². The molecule has 0 aliphatic carbocycles. The van der Waals surface area contributed by atoms with Crippen molar-refractivity contribution in [3.8, 4) is 5.75 Å². The molecule has 7 heteroatoms. The van der Waals surface area contributed by atoms with Gasteiger partial charge in [-0.25, -0.2) is 0 Å². The van der Waals surface area contributed by atoms with Crippen LogP contribution in [0.2, 0.25) is 10.0 Å². The molecule has 26 heavy (non-hydrogen) atoms. The molecule has 1 aliphatic heterocycles. The zero-order valence-corrected chi connectivity index (χ0v) is 16.3. The number of nitrogens with zero attached hydrogens (tertiary/aromatic N) is 2. The van der Waals surface area contributed by atoms with Crippen LogP contribution in [0.1, 0.15) is 10.4 Å². The lowest BCUT2D eigenvalue weighted by Crippen LogP contribution is -2.44. The van der Waals surface area contributed by atoms with Gasteiger partial charge in [-0.2, -0.15) is 0 Å². The number of carbonyl (C=O) groups excluding carboxylic acids is 1. The molecule has 2 aromatic rings. The summed E-state index contributed by atoms with van der Waals surface area (Å²) in [5.41, 5.74) is 2.15. The molecule has 2 aromatic carbocycles. The largest absolute Gasteiger partial charge is 0.494 e. The molecule has 0 unspecified atom stereocenters. The van der Waals surface area contributed by atoms with Crippen molar-refractivity contribution in [1.29, 1.82) is 0 Å². The number of methoxy groups -OCH3 is 1. The van der Waals surface area contributed by atoms with Gasteiger partial charge in [0, 0.05) is 42.6 Å². The molecule has 1 aliphatic rings. The second-order valence-electron chi connectivity index (χ2n) is 6.26. The Kier molecular flexibility index (Phi) is 5.91. The molecule has 1 amide bonds. The van der Waals surface area contributed by atoms with Gasteiger partial charge in [0.25, 0.3) is 5.91 Å². The number of piperazine rings is 1. The molecule has 0 saturated carbocycles. The fourth-order valence-electron chi connectivity index (χ4n) is 2.96. The molecule has 138 valence electrons. The molecule has 1 fully saturated rings. The Morgan fingerprint density at radius 2 is 1.73 bits per heavy atom. The molecule has 3 rings (SSSR count). The number of carbonyl (C=O) groups is 1. The molecule has 0 radical (unpaired) electrons. The van der Waals surface area contributed by atoms with Gasteiger partial charge >= 0.3 is 0 Å². The third-order valence-corrected chi connectivity index (χ3v) is 4.95. The zero-order valence-electron chi connectivity index (χ0n) is 14.8. The van der Waals surface area contributed by atoms with E-state index in [0.717, 1.165) is 31.9 Å². The highest BCUT2D eigenvalue weighted by atomic mass is 35.5. The molecule has 1 heterocycles. The average Bonchev–Trinajstić information content (AvgIpc) is 2.62. The number of hydrogen-bond acceptors (Lipinski definition) is 4. The van der Waals surface area contributed by atoms with Crippen LogP contribution >= 0.6 is 23.2 Å². The Bertz CT molecular complexity index is 788. The molecule has 0 bridgehead atoms. The van der Waals surface area contributed by atoms with Crippen LogP contribution in [-0.2, 0) is 0 Å². The van der Waals surface area contributed by atoms with E-state index in [-0.39, 0.29) is 5.91 Å². The number of likely N-dealkylation sites (N-methyl/N-ethyl adjacent to an activating group) is 1. The topological polar surface area (TPSA) is 44.8 Å². The molecule has 1 N–H and O–H groups in total. The summed E-state index contributed by atoms with van der Waals surface area (Å²) in [5, 5.41) is 3.54. The SMILES string of the molecule is COc1c(Cl)cc(Cl)cc1C(=O)Nc1ccc(N2CCN(C)CC2)cc1. The van der Waals surface area contributed by atoms with Gasteiger partial charge in [-0.1, -0.05) is 23.2 Å². The van der Waals surface area contributed by atoms with E-state index < -0.39 is 0 Å². The maximum Gasteiger partial charge on any atom is 0.259 e. The lowest BCUT2D eigenvalue weighted by Gasteiger charge is -2.34. The van der Waals surface area contributed by atoms with Gasteiger partial charge in [-0.05, 0) is 43.4 Å². The summed E-state index contributed by atoms with van der Waals surface area (Å²) in [6.07, 6.45) is 0. The number of hydrogen-bond donors (Lipinski definition) is 1. The third kappa shape index (κ3) is 4.23. The first-order valence-electron chi connectivity index (χ1n) is 8.36. The van der Waals surface area contributed by atoms with Crippen LogP contribution in [0.15, 0.2) is 36.4 Å². The fraction of sp³-hybridized carbons (Fsp3) is 0.316. The quantitative estimate of drug-likeness (QED) is 0.852. The van der Waals surface area contributed by atoms with Crippen LogP contribution in [0.3, 0.4) is 0 Å². The van der Waals surface area contributed by atoms with Crippen molar-refractivity contribution >= 4 is 40.5 Å². The number of amides is 1. The minimum absolute atomic E-state index is 0.299. The van der Waals surface area contributed by atoms with Gasteiger partial charge in [0.15, 0.2) is 0 Å². The van der Waals surface area contributed by atoms with Crippen LogP contribution in [0.4, 0.5) is 11.4 Å². The molecule has 5 nitrogen and oxygen atoms in total. The number of anilines is 2. The van der Waals surface area contributed by atoms with E-state index in [4.69, 9.17) is 27.9 Å². The average molecular weight is 394 g/mol. The lowest BCUT2D eigenvalue weighted by atomic mass is 10.1. The second kappa shape index (κ2) is 8.16. The van der Waals surface area contributed by atoms with Gasteiger partial charge in [0.05, 0.1) is 17.7 Å². The Labute approximate surface area is 163 Å². The van der Waals surface area contributed by atoms with Gasteiger partial charge in [0.2, 0.25) is 0 Å². The highest BCUT2D eigenvalue weighted by molar-refractivity contribution is 6.36. The first-order valence-corrected chi connectivity index (χ1v) is 9.11. The van der Waals surface area contributed by atoms with Gasteiger partial charge in [-0.3, -0.25) is 4.79 Å². The first kappa shape index (κ1) is 18.8. The summed E-state index contributed by atoms with van der Waals surface area (Å²) in [4.78, 5) is 17.2. The summed E-state index contributed by atoms with van der Waals surface area (Å²) in [5.74, 6) is -0.0128. The number of rotatable bonds is 4. The van der Waals surface area contributed by atoms with Crippen molar-refractivity contribution in [1.82, 2.24) is 4.90 Å². The fourth-order valence-corrected chi connectivity index (χ4v) is 3.53. The summed E-state index contributed by atoms with van der Waals surface area (Å²) < 4.78 is 5.24. The van der Waals surface area contributed by atoms with Crippen LogP contribution in [-0.4, -0.2) is 51.1 Å². The van der Waals surface area contributed by atoms with E-state index >= 15 is 0 Å². The Morgan fingerprint density at radius 3 is 2.35 bits per heavy atom. The maximum absolute atomic E-state index is 12.6. The standard InChI is InChI=1S/C19H21Cl2N3O2/c1-23-7-9-24(10-8-23)15-5-3-14(4-6-15)22-19(25)16-11-13(20)12-17(21)18(16)26-2/h3-6,11-12H,7-10H2,1-2H3,(H,22,25). The van der Waals surface area contributed by atoms with Crippen molar-refractivity contribution in [3.63, 3.8) is 0 Å². The summed E-state index contributed by atoms with van der Waals surface area (Å²) in [7, 11) is 3.60. The Morgan fingerprint density at radius 1 is 1.08 bits per heavy atom. The molecule has 0 aromatic heterocycles. The Balaban J connectivity index is 1.72. The minimum Gasteiger partial charge on any atom is -0.494 e. The van der Waals surface area contributed by atoms with Crippen LogP contribution in [0, 0.1) is 0 Å². The van der Waals surface area contributed by atoms with E-state index in [9.17, 15) is 4.79 Å². The highest BCUT2D eigenvalue weighted by Gasteiger charge is 2.18. The summed E-state index contributed by atoms with van der Waals surface area (Å²) in [6.45, 7) is 4.10. The van der Waals surface area contributed by atoms with Crippen molar-refractivity contribution in [3.05, 3.63) is 52.0 Å². The van der Waals surface area contributed by atoms with Gasteiger partial charge < -0.3 is 19.9 Å². The first-order chi connectivity index (χ1) is 12.5. The van der Waals surface area contributed by atoms with Crippen LogP contribution in [0.25, 0.3) is 0 Å². The predicted octanol–water partition coefficient (Wildman–Crippen LogP) is 4.01. The summed E-state index contributed by atoms with van der Waals surface area (Å²) in [6, 6.07) is 10.9. The lowest BCUT2D eigenvalue weighted by molar-refractivity contribution is 0.102. The smallest absolute Gasteiger partial charge is 0.259 e. The molecule has 0 atom stereocenters. The third-order valence-electron chi connectivity index (χ3n) is 4.45. The van der Waals surface area contributed by atoms with E-state index in [1.54, 1.807) is 12.1 Å². The maximum atomic E-state index is 12.6. The number of halogens is 2. The van der Waals surface area contributed by atoms with Gasteiger partial charge in [0.1, 0.15) is 5.75 Å².